The van der Waals surface area contributed by atoms with Crippen LogP contribution in [0.3, 0.4) is 0 Å². The van der Waals surface area contributed by atoms with Crippen molar-refractivity contribution >= 4 is 5.97 Å². The van der Waals surface area contributed by atoms with Gasteiger partial charge in [-0.25, -0.2) is 4.79 Å². The van der Waals surface area contributed by atoms with Gasteiger partial charge in [0, 0.05) is 11.1 Å². The molecule has 0 spiro atoms. The Morgan fingerprint density at radius 2 is 1.27 bits per heavy atom. The predicted molar refractivity (Wildman–Crippen MR) is 116 cm³/mol. The van der Waals surface area contributed by atoms with E-state index in [0.717, 1.165) is 16.9 Å². The fraction of sp³-hybridized carbons (Fsp3) is 0.375. The summed E-state index contributed by atoms with van der Waals surface area (Å²) in [6, 6.07) is 18.1. The first kappa shape index (κ1) is 23.6. The molecular weight excluding hydrogens is 384 g/mol. The molecule has 0 N–H and O–H groups in total. The molecule has 0 saturated carbocycles. The van der Waals surface area contributed by atoms with Crippen molar-refractivity contribution in [3.63, 3.8) is 0 Å². The van der Waals surface area contributed by atoms with Crippen LogP contribution >= 0.6 is 0 Å². The van der Waals surface area contributed by atoms with E-state index in [4.69, 9.17) is 23.7 Å². The van der Waals surface area contributed by atoms with Gasteiger partial charge in [-0.15, -0.1) is 0 Å². The Kier molecular flexibility index (Phi) is 11.3. The van der Waals surface area contributed by atoms with Gasteiger partial charge in [0.15, 0.2) is 0 Å². The molecule has 30 heavy (non-hydrogen) atoms. The number of benzene rings is 2. The standard InChI is InChI=1S/C24H30O6/c1-20(2)24(25)30-19-17-28-15-13-26-12-14-27-16-18-29-23-11-7-6-10-22(23)21-8-4-3-5-9-21/h3-11H,1,12-19H2,2H3. The normalized spacial score (nSPS) is 10.6. The van der Waals surface area contributed by atoms with Gasteiger partial charge >= 0.3 is 5.97 Å². The Hall–Kier alpha value is -2.67. The van der Waals surface area contributed by atoms with Crippen molar-refractivity contribution in [2.45, 2.75) is 6.92 Å². The highest BCUT2D eigenvalue weighted by atomic mass is 16.6. The minimum absolute atomic E-state index is 0.211. The third-order valence-electron chi connectivity index (χ3n) is 4.01. The Bertz CT molecular complexity index is 759. The van der Waals surface area contributed by atoms with E-state index in [1.54, 1.807) is 6.92 Å². The van der Waals surface area contributed by atoms with E-state index in [1.165, 1.54) is 0 Å². The van der Waals surface area contributed by atoms with E-state index >= 15 is 0 Å². The Morgan fingerprint density at radius 3 is 1.90 bits per heavy atom. The van der Waals surface area contributed by atoms with Crippen molar-refractivity contribution in [3.05, 3.63) is 66.7 Å². The summed E-state index contributed by atoms with van der Waals surface area (Å²) < 4.78 is 27.1. The predicted octanol–water partition coefficient (Wildman–Crippen LogP) is 3.90. The molecule has 6 heteroatoms. The molecule has 0 radical (unpaired) electrons. The van der Waals surface area contributed by atoms with Crippen LogP contribution in [-0.4, -0.2) is 58.8 Å². The van der Waals surface area contributed by atoms with E-state index < -0.39 is 5.97 Å². The number of hydrogen-bond donors (Lipinski definition) is 0. The maximum Gasteiger partial charge on any atom is 0.333 e. The topological polar surface area (TPSA) is 63.2 Å². The molecule has 0 amide bonds. The van der Waals surface area contributed by atoms with Gasteiger partial charge in [0.2, 0.25) is 0 Å². The van der Waals surface area contributed by atoms with Crippen molar-refractivity contribution in [2.75, 3.05) is 52.9 Å². The zero-order valence-electron chi connectivity index (χ0n) is 17.5. The molecule has 2 rings (SSSR count). The van der Waals surface area contributed by atoms with Gasteiger partial charge in [0.1, 0.15) is 19.0 Å². The molecule has 0 aliphatic carbocycles. The number of carbonyl (C=O) groups is 1. The number of esters is 1. The van der Waals surface area contributed by atoms with Crippen LogP contribution in [0.4, 0.5) is 0 Å². The second kappa shape index (κ2) is 14.3. The number of hydrogen-bond acceptors (Lipinski definition) is 6. The lowest BCUT2D eigenvalue weighted by Gasteiger charge is -2.12. The molecule has 0 atom stereocenters. The number of carbonyl (C=O) groups excluding carboxylic acids is 1. The van der Waals surface area contributed by atoms with Crippen LogP contribution in [0.15, 0.2) is 66.7 Å². The lowest BCUT2D eigenvalue weighted by molar-refractivity contribution is -0.140. The van der Waals surface area contributed by atoms with Crippen LogP contribution in [0.1, 0.15) is 6.92 Å². The van der Waals surface area contributed by atoms with Gasteiger partial charge in [-0.05, 0) is 18.6 Å². The average Bonchev–Trinajstić information content (AvgIpc) is 2.77. The Morgan fingerprint density at radius 1 is 0.733 bits per heavy atom. The van der Waals surface area contributed by atoms with Gasteiger partial charge in [-0.1, -0.05) is 55.1 Å². The molecule has 2 aromatic carbocycles. The second-order valence-electron chi connectivity index (χ2n) is 6.46. The van der Waals surface area contributed by atoms with Gasteiger partial charge in [0.05, 0.1) is 39.6 Å². The van der Waals surface area contributed by atoms with E-state index in [-0.39, 0.29) is 6.61 Å². The molecule has 0 saturated heterocycles. The molecule has 162 valence electrons. The summed E-state index contributed by atoms with van der Waals surface area (Å²) >= 11 is 0. The summed E-state index contributed by atoms with van der Waals surface area (Å²) in [5.41, 5.74) is 2.57. The SMILES string of the molecule is C=C(C)C(=O)OCCOCCOCCOCCOc1ccccc1-c1ccccc1. The van der Waals surface area contributed by atoms with Crippen LogP contribution in [-0.2, 0) is 23.7 Å². The monoisotopic (exact) mass is 414 g/mol. The third kappa shape index (κ3) is 9.22. The molecule has 0 aromatic heterocycles. The molecule has 0 aliphatic rings. The molecule has 6 nitrogen and oxygen atoms in total. The summed E-state index contributed by atoms with van der Waals surface area (Å²) in [6.45, 7) is 8.47. The van der Waals surface area contributed by atoms with E-state index in [9.17, 15) is 4.79 Å². The second-order valence-corrected chi connectivity index (χ2v) is 6.46. The van der Waals surface area contributed by atoms with E-state index in [2.05, 4.69) is 18.7 Å². The van der Waals surface area contributed by atoms with Crippen molar-refractivity contribution < 1.29 is 28.5 Å². The van der Waals surface area contributed by atoms with Crippen molar-refractivity contribution in [3.8, 4) is 16.9 Å². The third-order valence-corrected chi connectivity index (χ3v) is 4.01. The molecule has 2 aromatic rings. The fourth-order valence-electron chi connectivity index (χ4n) is 2.52. The lowest BCUT2D eigenvalue weighted by atomic mass is 10.1. The maximum absolute atomic E-state index is 11.2. The molecule has 0 fully saturated rings. The summed E-state index contributed by atoms with van der Waals surface area (Å²) in [5.74, 6) is 0.439. The Balaban J connectivity index is 1.47. The fourth-order valence-corrected chi connectivity index (χ4v) is 2.52. The molecule has 0 heterocycles. The van der Waals surface area contributed by atoms with Crippen molar-refractivity contribution in [1.82, 2.24) is 0 Å². The highest BCUT2D eigenvalue weighted by Gasteiger charge is 2.05. The summed E-state index contributed by atoms with van der Waals surface area (Å²) in [7, 11) is 0. The average molecular weight is 414 g/mol. The van der Waals surface area contributed by atoms with Gasteiger partial charge in [-0.3, -0.25) is 0 Å². The van der Waals surface area contributed by atoms with Gasteiger partial charge < -0.3 is 23.7 Å². The smallest absolute Gasteiger partial charge is 0.333 e. The van der Waals surface area contributed by atoms with Crippen molar-refractivity contribution in [1.29, 1.82) is 0 Å². The highest BCUT2D eigenvalue weighted by molar-refractivity contribution is 5.86. The zero-order chi connectivity index (χ0) is 21.4. The first-order chi connectivity index (χ1) is 14.7. The minimum atomic E-state index is -0.403. The first-order valence-electron chi connectivity index (χ1n) is 10.0. The van der Waals surface area contributed by atoms with Crippen molar-refractivity contribution in [2.24, 2.45) is 0 Å². The number of ether oxygens (including phenoxy) is 5. The molecule has 0 bridgehead atoms. The summed E-state index contributed by atoms with van der Waals surface area (Å²) in [6.07, 6.45) is 0. The van der Waals surface area contributed by atoms with Crippen LogP contribution in [0.25, 0.3) is 11.1 Å². The van der Waals surface area contributed by atoms with Gasteiger partial charge in [0.25, 0.3) is 0 Å². The van der Waals surface area contributed by atoms with Gasteiger partial charge in [-0.2, -0.15) is 0 Å². The van der Waals surface area contributed by atoms with Crippen LogP contribution < -0.4 is 4.74 Å². The van der Waals surface area contributed by atoms with Crippen LogP contribution in [0, 0.1) is 0 Å². The lowest BCUT2D eigenvalue weighted by Crippen LogP contribution is -2.15. The molecular formula is C24H30O6. The summed E-state index contributed by atoms with van der Waals surface area (Å²) in [5, 5.41) is 0. The molecule has 0 unspecified atom stereocenters. The Labute approximate surface area is 178 Å². The number of rotatable bonds is 15. The maximum atomic E-state index is 11.2. The highest BCUT2D eigenvalue weighted by Crippen LogP contribution is 2.29. The molecule has 0 aliphatic heterocycles. The van der Waals surface area contributed by atoms with Crippen LogP contribution in [0.5, 0.6) is 5.75 Å². The first-order valence-corrected chi connectivity index (χ1v) is 10.0. The minimum Gasteiger partial charge on any atom is -0.491 e. The van der Waals surface area contributed by atoms with E-state index in [0.29, 0.717) is 51.8 Å². The van der Waals surface area contributed by atoms with E-state index in [1.807, 2.05) is 42.5 Å². The quantitative estimate of drug-likeness (QED) is 0.250. The zero-order valence-corrected chi connectivity index (χ0v) is 17.5. The van der Waals surface area contributed by atoms with Crippen LogP contribution in [0.2, 0.25) is 0 Å². The largest absolute Gasteiger partial charge is 0.491 e. The number of para-hydroxylation sites is 1. The summed E-state index contributed by atoms with van der Waals surface area (Å²) in [4.78, 5) is 11.2.